The predicted octanol–water partition coefficient (Wildman–Crippen LogP) is 7.53. The van der Waals surface area contributed by atoms with Gasteiger partial charge in [0.1, 0.15) is 0 Å². The maximum absolute atomic E-state index is 6.62. The molecule has 0 radical (unpaired) electrons. The van der Waals surface area contributed by atoms with Gasteiger partial charge in [-0.2, -0.15) is 0 Å². The van der Waals surface area contributed by atoms with Crippen molar-refractivity contribution in [3.8, 4) is 0 Å². The number of halogens is 2. The van der Waals surface area contributed by atoms with E-state index in [1.54, 1.807) is 0 Å². The van der Waals surface area contributed by atoms with Crippen LogP contribution in [0.4, 0.5) is 11.4 Å². The maximum Gasteiger partial charge on any atom is 0.171 e. The fourth-order valence-electron chi connectivity index (χ4n) is 7.27. The molecule has 4 fully saturated rings. The maximum atomic E-state index is 6.62. The Labute approximate surface area is 240 Å². The van der Waals surface area contributed by atoms with Crippen molar-refractivity contribution in [1.82, 2.24) is 10.6 Å². The zero-order valence-corrected chi connectivity index (χ0v) is 24.0. The summed E-state index contributed by atoms with van der Waals surface area (Å²) >= 11 is 24.4. The first-order valence-corrected chi connectivity index (χ1v) is 15.2. The van der Waals surface area contributed by atoms with E-state index in [0.717, 1.165) is 52.6 Å². The Bertz CT molecular complexity index is 1110. The summed E-state index contributed by atoms with van der Waals surface area (Å²) in [5.41, 5.74) is 3.90. The van der Waals surface area contributed by atoms with Gasteiger partial charge in [-0.3, -0.25) is 0 Å². The van der Waals surface area contributed by atoms with E-state index in [9.17, 15) is 0 Å². The van der Waals surface area contributed by atoms with E-state index in [2.05, 4.69) is 33.4 Å². The predicted molar refractivity (Wildman–Crippen MR) is 163 cm³/mol. The quantitative estimate of drug-likeness (QED) is 0.268. The van der Waals surface area contributed by atoms with Crippen LogP contribution in [0.5, 0.6) is 0 Å². The normalized spacial score (nSPS) is 29.4. The summed E-state index contributed by atoms with van der Waals surface area (Å²) in [7, 11) is 0. The van der Waals surface area contributed by atoms with Gasteiger partial charge >= 0.3 is 0 Å². The van der Waals surface area contributed by atoms with Crippen LogP contribution in [0.15, 0.2) is 36.4 Å². The third-order valence-corrected chi connectivity index (χ3v) is 10.1. The number of anilines is 2. The zero-order valence-electron chi connectivity index (χ0n) is 20.9. The molecule has 2 aromatic rings. The second-order valence-corrected chi connectivity index (χ2v) is 13.2. The number of benzene rings is 2. The highest BCUT2D eigenvalue weighted by Crippen LogP contribution is 2.45. The van der Waals surface area contributed by atoms with E-state index in [1.807, 2.05) is 24.3 Å². The second-order valence-electron chi connectivity index (χ2n) is 11.6. The third-order valence-electron chi connectivity index (χ3n) is 9.08. The number of thiocarbonyl (C=S) groups is 2. The van der Waals surface area contributed by atoms with Crippen LogP contribution >= 0.6 is 47.6 Å². The summed E-state index contributed by atoms with van der Waals surface area (Å²) < 4.78 is 0. The summed E-state index contributed by atoms with van der Waals surface area (Å²) in [6.07, 6.45) is 11.3. The molecule has 4 aliphatic rings. The molecule has 4 aliphatic carbocycles. The number of hydrogen-bond acceptors (Lipinski definition) is 2. The highest BCUT2D eigenvalue weighted by Gasteiger charge is 2.40. The van der Waals surface area contributed by atoms with E-state index in [0.29, 0.717) is 32.4 Å². The first-order valence-electron chi connectivity index (χ1n) is 13.6. The molecule has 0 aromatic heterocycles. The fraction of sp³-hybridized carbons (Fsp3) is 0.517. The van der Waals surface area contributed by atoms with Crippen molar-refractivity contribution in [2.24, 2.45) is 23.7 Å². The van der Waals surface area contributed by atoms with Crippen LogP contribution < -0.4 is 21.3 Å². The van der Waals surface area contributed by atoms with Gasteiger partial charge in [0.15, 0.2) is 10.2 Å². The van der Waals surface area contributed by atoms with E-state index < -0.39 is 0 Å². The standard InChI is InChI=1S/C29H34Cl2N4S2/c30-22-12-16(3-7-24(22)32-28(36)34-26-14-18-1-5-20(26)10-18)9-17-4-8-25(23(31)13-17)33-29(37)35-27-15-19-2-6-21(27)11-19/h3-4,7-8,12-13,18-21,26-27H,1-2,5-6,9-11,14-15H2,(H2,32,34,36)(H2,33,35,37)/t18-,19-,20-,21-,26-,27-/m0/s1. The van der Waals surface area contributed by atoms with Crippen LogP contribution in [-0.4, -0.2) is 22.3 Å². The Kier molecular flexibility index (Phi) is 7.54. The van der Waals surface area contributed by atoms with E-state index in [1.165, 1.54) is 51.4 Å². The minimum absolute atomic E-state index is 0.502. The van der Waals surface area contributed by atoms with Crippen molar-refractivity contribution in [2.45, 2.75) is 69.9 Å². The monoisotopic (exact) mass is 572 g/mol. The van der Waals surface area contributed by atoms with Gasteiger partial charge in [-0.1, -0.05) is 48.2 Å². The molecule has 0 aliphatic heterocycles. The van der Waals surface area contributed by atoms with Gasteiger partial charge in [0.05, 0.1) is 21.4 Å². The molecule has 2 aromatic carbocycles. The minimum atomic E-state index is 0.502. The number of hydrogen-bond donors (Lipinski definition) is 4. The summed E-state index contributed by atoms with van der Waals surface area (Å²) in [4.78, 5) is 0. The summed E-state index contributed by atoms with van der Waals surface area (Å²) in [5, 5.41) is 16.3. The zero-order chi connectivity index (χ0) is 25.5. The molecule has 0 saturated heterocycles. The Morgan fingerprint density at radius 2 is 1.14 bits per heavy atom. The van der Waals surface area contributed by atoms with Crippen LogP contribution in [0.3, 0.4) is 0 Å². The molecule has 4 N–H and O–H groups in total. The Morgan fingerprint density at radius 3 is 1.49 bits per heavy atom. The average molecular weight is 574 g/mol. The average Bonchev–Trinajstić information content (AvgIpc) is 3.65. The van der Waals surface area contributed by atoms with Crippen LogP contribution in [0.2, 0.25) is 10.0 Å². The van der Waals surface area contributed by atoms with Gasteiger partial charge in [0, 0.05) is 12.1 Å². The van der Waals surface area contributed by atoms with E-state index >= 15 is 0 Å². The lowest BCUT2D eigenvalue weighted by Crippen LogP contribution is -2.40. The van der Waals surface area contributed by atoms with Gasteiger partial charge in [-0.05, 0) is 128 Å². The molecule has 0 unspecified atom stereocenters. The minimum Gasteiger partial charge on any atom is -0.359 e. The van der Waals surface area contributed by atoms with Crippen molar-refractivity contribution < 1.29 is 0 Å². The third kappa shape index (κ3) is 5.88. The Balaban J connectivity index is 1.02. The molecular formula is C29H34Cl2N4S2. The van der Waals surface area contributed by atoms with Crippen molar-refractivity contribution in [3.05, 3.63) is 57.6 Å². The van der Waals surface area contributed by atoms with Crippen LogP contribution in [0, 0.1) is 23.7 Å². The molecule has 0 spiro atoms. The molecular weight excluding hydrogens is 539 g/mol. The lowest BCUT2D eigenvalue weighted by molar-refractivity contribution is 0.392. The molecule has 8 heteroatoms. The smallest absolute Gasteiger partial charge is 0.171 e. The van der Waals surface area contributed by atoms with Crippen molar-refractivity contribution in [3.63, 3.8) is 0 Å². The first kappa shape index (κ1) is 25.7. The van der Waals surface area contributed by atoms with Crippen molar-refractivity contribution >= 4 is 69.2 Å². The summed E-state index contributed by atoms with van der Waals surface area (Å²) in [5.74, 6) is 3.30. The summed E-state index contributed by atoms with van der Waals surface area (Å²) in [6.45, 7) is 0. The van der Waals surface area contributed by atoms with Gasteiger partial charge in [0.25, 0.3) is 0 Å². The molecule has 6 rings (SSSR count). The lowest BCUT2D eigenvalue weighted by Gasteiger charge is -2.25. The topological polar surface area (TPSA) is 48.1 Å². The highest BCUT2D eigenvalue weighted by atomic mass is 35.5. The van der Waals surface area contributed by atoms with Crippen LogP contribution in [-0.2, 0) is 6.42 Å². The van der Waals surface area contributed by atoms with Crippen LogP contribution in [0.1, 0.15) is 62.5 Å². The molecule has 0 amide bonds. The number of fused-ring (bicyclic) bond motifs is 4. The molecule has 196 valence electrons. The molecule has 4 nitrogen and oxygen atoms in total. The van der Waals surface area contributed by atoms with E-state index in [-0.39, 0.29) is 0 Å². The fourth-order valence-corrected chi connectivity index (χ4v) is 8.30. The van der Waals surface area contributed by atoms with Gasteiger partial charge in [-0.25, -0.2) is 0 Å². The van der Waals surface area contributed by atoms with Crippen molar-refractivity contribution in [2.75, 3.05) is 10.6 Å². The van der Waals surface area contributed by atoms with Crippen LogP contribution in [0.25, 0.3) is 0 Å². The SMILES string of the molecule is S=C(Nc1ccc(Cc2ccc(NC(=S)N[C@H]3C[C@H]4CC[C@H]3C4)c(Cl)c2)cc1Cl)N[C@H]1C[C@H]2CC[C@H]1C2. The van der Waals surface area contributed by atoms with E-state index in [4.69, 9.17) is 47.6 Å². The second kappa shape index (κ2) is 10.9. The Hall–Kier alpha value is -1.60. The highest BCUT2D eigenvalue weighted by molar-refractivity contribution is 7.80. The molecule has 37 heavy (non-hydrogen) atoms. The lowest BCUT2D eigenvalue weighted by atomic mass is 9.95. The molecule has 0 heterocycles. The Morgan fingerprint density at radius 1 is 0.676 bits per heavy atom. The molecule has 6 atom stereocenters. The number of rotatable bonds is 6. The number of nitrogens with one attached hydrogen (secondary N) is 4. The van der Waals surface area contributed by atoms with Gasteiger partial charge < -0.3 is 21.3 Å². The molecule has 4 saturated carbocycles. The molecule has 4 bridgehead atoms. The summed E-state index contributed by atoms with van der Waals surface area (Å²) in [6, 6.07) is 13.2. The first-order chi connectivity index (χ1) is 17.9. The van der Waals surface area contributed by atoms with Gasteiger partial charge in [0.2, 0.25) is 0 Å². The van der Waals surface area contributed by atoms with Gasteiger partial charge in [-0.15, -0.1) is 0 Å². The largest absolute Gasteiger partial charge is 0.359 e. The van der Waals surface area contributed by atoms with Crippen molar-refractivity contribution in [1.29, 1.82) is 0 Å².